The minimum atomic E-state index is -0.314. The summed E-state index contributed by atoms with van der Waals surface area (Å²) < 4.78 is 13.4. The zero-order chi connectivity index (χ0) is 19.1. The Labute approximate surface area is 158 Å². The van der Waals surface area contributed by atoms with Gasteiger partial charge in [0.05, 0.1) is 0 Å². The van der Waals surface area contributed by atoms with E-state index in [9.17, 15) is 4.39 Å². The summed E-state index contributed by atoms with van der Waals surface area (Å²) in [7, 11) is 0. The van der Waals surface area contributed by atoms with E-state index in [-0.39, 0.29) is 5.82 Å². The number of anilines is 4. The van der Waals surface area contributed by atoms with Crippen LogP contribution in [0.4, 0.5) is 27.5 Å². The van der Waals surface area contributed by atoms with Crippen molar-refractivity contribution in [2.75, 3.05) is 22.9 Å². The number of aromatic nitrogens is 2. The lowest BCUT2D eigenvalue weighted by molar-refractivity contribution is 0.628. The average molecular weight is 363 g/mol. The Balaban J connectivity index is 1.84. The Morgan fingerprint density at radius 1 is 1.11 bits per heavy atom. The second kappa shape index (κ2) is 8.80. The molecule has 0 radical (unpaired) electrons. The molecule has 0 unspecified atom stereocenters. The molecular weight excluding hydrogens is 341 g/mol. The summed E-state index contributed by atoms with van der Waals surface area (Å²) in [6.45, 7) is 2.87. The molecule has 0 aliphatic rings. The summed E-state index contributed by atoms with van der Waals surface area (Å²) in [4.78, 5) is 8.87. The average Bonchev–Trinajstić information content (AvgIpc) is 2.65. The molecular formula is C21H22FN5. The number of benzene rings is 2. The Morgan fingerprint density at radius 2 is 1.96 bits per heavy atom. The van der Waals surface area contributed by atoms with Crippen LogP contribution in [0.15, 0.2) is 54.7 Å². The van der Waals surface area contributed by atoms with Crippen LogP contribution in [0.1, 0.15) is 24.5 Å². The van der Waals surface area contributed by atoms with Gasteiger partial charge in [0, 0.05) is 29.7 Å². The van der Waals surface area contributed by atoms with Crippen molar-refractivity contribution < 1.29 is 4.39 Å². The van der Waals surface area contributed by atoms with Crippen LogP contribution in [0.25, 0.3) is 12.2 Å². The maximum absolute atomic E-state index is 13.4. The van der Waals surface area contributed by atoms with E-state index in [2.05, 4.69) is 27.5 Å². The summed E-state index contributed by atoms with van der Waals surface area (Å²) in [5.74, 6) is 0.803. The SMILES string of the molecule is CCCNc1nc(Nc2cccc(F)c2)ncc1/C=C/c1cccc(N)c1. The lowest BCUT2D eigenvalue weighted by Crippen LogP contribution is -2.07. The van der Waals surface area contributed by atoms with E-state index in [1.165, 1.54) is 12.1 Å². The third-order valence-electron chi connectivity index (χ3n) is 3.81. The van der Waals surface area contributed by atoms with Crippen molar-refractivity contribution in [2.45, 2.75) is 13.3 Å². The molecule has 0 amide bonds. The van der Waals surface area contributed by atoms with Crippen LogP contribution < -0.4 is 16.4 Å². The van der Waals surface area contributed by atoms with Gasteiger partial charge >= 0.3 is 0 Å². The van der Waals surface area contributed by atoms with Crippen LogP contribution in [-0.2, 0) is 0 Å². The number of hydrogen-bond donors (Lipinski definition) is 3. The highest BCUT2D eigenvalue weighted by molar-refractivity contribution is 5.76. The standard InChI is InChI=1S/C21H22FN5/c1-2-11-24-20-16(10-9-15-5-3-7-18(23)12-15)14-25-21(27-20)26-19-8-4-6-17(22)13-19/h3-10,12-14H,2,11,23H2,1H3,(H2,24,25,26,27)/b10-9+. The van der Waals surface area contributed by atoms with Gasteiger partial charge in [-0.15, -0.1) is 0 Å². The van der Waals surface area contributed by atoms with Crippen molar-refractivity contribution in [1.29, 1.82) is 0 Å². The highest BCUT2D eigenvalue weighted by atomic mass is 19.1. The number of halogens is 1. The molecule has 2 aromatic carbocycles. The minimum Gasteiger partial charge on any atom is -0.399 e. The largest absolute Gasteiger partial charge is 0.399 e. The number of nitrogens with one attached hydrogen (secondary N) is 2. The fraction of sp³-hybridized carbons (Fsp3) is 0.143. The molecule has 3 rings (SSSR count). The van der Waals surface area contributed by atoms with Gasteiger partial charge in [-0.25, -0.2) is 9.37 Å². The number of rotatable bonds is 7. The zero-order valence-corrected chi connectivity index (χ0v) is 15.1. The number of hydrogen-bond acceptors (Lipinski definition) is 5. The lowest BCUT2D eigenvalue weighted by atomic mass is 10.1. The van der Waals surface area contributed by atoms with E-state index in [0.29, 0.717) is 23.1 Å². The van der Waals surface area contributed by atoms with Crippen LogP contribution in [0.2, 0.25) is 0 Å². The highest BCUT2D eigenvalue weighted by Gasteiger charge is 2.06. The third-order valence-corrected chi connectivity index (χ3v) is 3.81. The predicted octanol–water partition coefficient (Wildman–Crippen LogP) is 4.93. The summed E-state index contributed by atoms with van der Waals surface area (Å²) in [6, 6.07) is 13.8. The first-order valence-electron chi connectivity index (χ1n) is 8.81. The topological polar surface area (TPSA) is 75.9 Å². The van der Waals surface area contributed by atoms with Gasteiger partial charge in [-0.1, -0.05) is 31.2 Å². The van der Waals surface area contributed by atoms with E-state index in [4.69, 9.17) is 5.73 Å². The third kappa shape index (κ3) is 5.28. The molecule has 0 saturated carbocycles. The fourth-order valence-corrected chi connectivity index (χ4v) is 2.50. The molecule has 4 N–H and O–H groups in total. The molecule has 0 fully saturated rings. The minimum absolute atomic E-state index is 0.314. The second-order valence-corrected chi connectivity index (χ2v) is 6.06. The summed E-state index contributed by atoms with van der Waals surface area (Å²) in [5, 5.41) is 6.33. The molecule has 1 heterocycles. The second-order valence-electron chi connectivity index (χ2n) is 6.06. The maximum atomic E-state index is 13.4. The van der Waals surface area contributed by atoms with Gasteiger partial charge in [-0.2, -0.15) is 4.98 Å². The summed E-state index contributed by atoms with van der Waals surface area (Å²) in [5.41, 5.74) is 8.99. The Bertz CT molecular complexity index is 939. The molecule has 0 atom stereocenters. The Morgan fingerprint density at radius 3 is 2.74 bits per heavy atom. The van der Waals surface area contributed by atoms with E-state index in [0.717, 1.165) is 24.1 Å². The van der Waals surface area contributed by atoms with Crippen molar-refractivity contribution in [2.24, 2.45) is 0 Å². The Hall–Kier alpha value is -3.41. The zero-order valence-electron chi connectivity index (χ0n) is 15.1. The highest BCUT2D eigenvalue weighted by Crippen LogP contribution is 2.20. The molecule has 6 heteroatoms. The number of nitrogen functional groups attached to an aromatic ring is 1. The van der Waals surface area contributed by atoms with Crippen molar-refractivity contribution in [3.05, 3.63) is 71.7 Å². The van der Waals surface area contributed by atoms with E-state index < -0.39 is 0 Å². The molecule has 5 nitrogen and oxygen atoms in total. The van der Waals surface area contributed by atoms with Crippen LogP contribution in [0, 0.1) is 5.82 Å². The van der Waals surface area contributed by atoms with Gasteiger partial charge in [0.1, 0.15) is 11.6 Å². The van der Waals surface area contributed by atoms with Crippen molar-refractivity contribution in [3.63, 3.8) is 0 Å². The molecule has 0 spiro atoms. The smallest absolute Gasteiger partial charge is 0.229 e. The summed E-state index contributed by atoms with van der Waals surface area (Å²) >= 11 is 0. The van der Waals surface area contributed by atoms with E-state index in [1.54, 1.807) is 18.3 Å². The maximum Gasteiger partial charge on any atom is 0.229 e. The van der Waals surface area contributed by atoms with Crippen molar-refractivity contribution in [3.8, 4) is 0 Å². The first-order chi connectivity index (χ1) is 13.1. The predicted molar refractivity (Wildman–Crippen MR) is 110 cm³/mol. The van der Waals surface area contributed by atoms with E-state index >= 15 is 0 Å². The van der Waals surface area contributed by atoms with Gasteiger partial charge < -0.3 is 16.4 Å². The van der Waals surface area contributed by atoms with Gasteiger partial charge in [0.15, 0.2) is 0 Å². The van der Waals surface area contributed by atoms with Gasteiger partial charge in [0.2, 0.25) is 5.95 Å². The molecule has 0 aliphatic carbocycles. The van der Waals surface area contributed by atoms with Crippen molar-refractivity contribution >= 4 is 35.3 Å². The molecule has 1 aromatic heterocycles. The monoisotopic (exact) mass is 363 g/mol. The summed E-state index contributed by atoms with van der Waals surface area (Å²) in [6.07, 6.45) is 6.61. The first kappa shape index (κ1) is 18.4. The van der Waals surface area contributed by atoms with Crippen LogP contribution in [0.3, 0.4) is 0 Å². The molecule has 0 saturated heterocycles. The van der Waals surface area contributed by atoms with Gasteiger partial charge in [-0.3, -0.25) is 0 Å². The molecule has 138 valence electrons. The molecule has 27 heavy (non-hydrogen) atoms. The molecule has 3 aromatic rings. The number of nitrogens with two attached hydrogens (primary N) is 1. The fourth-order valence-electron chi connectivity index (χ4n) is 2.50. The quantitative estimate of drug-likeness (QED) is 0.519. The lowest BCUT2D eigenvalue weighted by Gasteiger charge is -2.11. The van der Waals surface area contributed by atoms with Crippen LogP contribution in [-0.4, -0.2) is 16.5 Å². The normalized spacial score (nSPS) is 10.9. The molecule has 0 aliphatic heterocycles. The molecule has 0 bridgehead atoms. The number of nitrogens with zero attached hydrogens (tertiary/aromatic N) is 2. The van der Waals surface area contributed by atoms with Crippen LogP contribution >= 0.6 is 0 Å². The first-order valence-corrected chi connectivity index (χ1v) is 8.81. The van der Waals surface area contributed by atoms with Crippen molar-refractivity contribution in [1.82, 2.24) is 9.97 Å². The van der Waals surface area contributed by atoms with Gasteiger partial charge in [0.25, 0.3) is 0 Å². The Kier molecular flexibility index (Phi) is 5.99. The van der Waals surface area contributed by atoms with E-state index in [1.807, 2.05) is 36.4 Å². The van der Waals surface area contributed by atoms with Gasteiger partial charge in [-0.05, 0) is 48.4 Å². The van der Waals surface area contributed by atoms with Crippen LogP contribution in [0.5, 0.6) is 0 Å².